The van der Waals surface area contributed by atoms with Gasteiger partial charge in [-0.15, -0.1) is 0 Å². The van der Waals surface area contributed by atoms with Gasteiger partial charge in [0.05, 0.1) is 5.69 Å². The van der Waals surface area contributed by atoms with Gasteiger partial charge in [0.25, 0.3) is 0 Å². The van der Waals surface area contributed by atoms with Gasteiger partial charge in [0, 0.05) is 43.4 Å². The van der Waals surface area contributed by atoms with Crippen LogP contribution in [0.1, 0.15) is 12.8 Å². The number of piperidine rings is 1. The first-order chi connectivity index (χ1) is 10.1. The molecule has 0 amide bonds. The molecule has 2 heterocycles. The Kier molecular flexibility index (Phi) is 3.43. The number of phenolic OH excluding ortho intramolecular Hbond substituents is 1. The third-order valence-electron chi connectivity index (χ3n) is 3.62. The van der Waals surface area contributed by atoms with E-state index in [4.69, 9.17) is 5.73 Å². The van der Waals surface area contributed by atoms with Crippen molar-refractivity contribution in [1.82, 2.24) is 9.97 Å². The molecule has 1 aromatic heterocycles. The quantitative estimate of drug-likeness (QED) is 0.870. The van der Waals surface area contributed by atoms with Gasteiger partial charge in [-0.25, -0.2) is 9.97 Å². The number of Topliss-reactive ketones (excluding diaryl/α,β-unsaturated/α-hetero) is 1. The number of rotatable bonds is 2. The number of nitrogen functional groups attached to an aromatic ring is 1. The molecule has 1 aliphatic heterocycles. The van der Waals surface area contributed by atoms with Crippen molar-refractivity contribution in [1.29, 1.82) is 0 Å². The summed E-state index contributed by atoms with van der Waals surface area (Å²) in [5.74, 6) is 0.611. The summed E-state index contributed by atoms with van der Waals surface area (Å²) < 4.78 is 0. The molecule has 0 radical (unpaired) electrons. The average molecular weight is 284 g/mol. The standard InChI is InChI=1S/C15H16N4O2/c16-15-17-6-3-13(18-15)12-9-10(1-2-14(12)21)19-7-4-11(20)5-8-19/h1-3,6,9,21H,4-5,7-8H2,(H2,16,17,18). The molecule has 21 heavy (non-hydrogen) atoms. The smallest absolute Gasteiger partial charge is 0.220 e. The minimum atomic E-state index is 0.143. The molecule has 0 saturated carbocycles. The highest BCUT2D eigenvalue weighted by molar-refractivity contribution is 5.81. The number of ketones is 1. The number of carbonyl (C=O) groups excluding carboxylic acids is 1. The lowest BCUT2D eigenvalue weighted by Gasteiger charge is -2.28. The predicted molar refractivity (Wildman–Crippen MR) is 80.0 cm³/mol. The van der Waals surface area contributed by atoms with Crippen molar-refractivity contribution in [2.45, 2.75) is 12.8 Å². The monoisotopic (exact) mass is 284 g/mol. The van der Waals surface area contributed by atoms with Crippen LogP contribution in [0, 0.1) is 0 Å². The van der Waals surface area contributed by atoms with Crippen LogP contribution in [-0.4, -0.2) is 33.9 Å². The number of hydrogen-bond donors (Lipinski definition) is 2. The summed E-state index contributed by atoms with van der Waals surface area (Å²) in [6.07, 6.45) is 2.69. The molecule has 3 N–H and O–H groups in total. The first-order valence-corrected chi connectivity index (χ1v) is 6.82. The van der Waals surface area contributed by atoms with Crippen molar-refractivity contribution in [3.63, 3.8) is 0 Å². The molecule has 0 bridgehead atoms. The molecular formula is C15H16N4O2. The number of nitrogens with two attached hydrogens (primary N) is 1. The van der Waals surface area contributed by atoms with Crippen molar-refractivity contribution >= 4 is 17.4 Å². The molecule has 1 fully saturated rings. The van der Waals surface area contributed by atoms with Gasteiger partial charge >= 0.3 is 0 Å². The highest BCUT2D eigenvalue weighted by Gasteiger charge is 2.18. The summed E-state index contributed by atoms with van der Waals surface area (Å²) in [7, 11) is 0. The van der Waals surface area contributed by atoms with Gasteiger partial charge in [-0.1, -0.05) is 0 Å². The summed E-state index contributed by atoms with van der Waals surface area (Å²) in [5, 5.41) is 10.0. The van der Waals surface area contributed by atoms with Crippen LogP contribution in [-0.2, 0) is 4.79 Å². The molecule has 0 unspecified atom stereocenters. The minimum absolute atomic E-state index is 0.143. The fourth-order valence-corrected chi connectivity index (χ4v) is 2.46. The topological polar surface area (TPSA) is 92.3 Å². The first-order valence-electron chi connectivity index (χ1n) is 6.82. The Balaban J connectivity index is 1.95. The number of anilines is 2. The second kappa shape index (κ2) is 5.40. The maximum Gasteiger partial charge on any atom is 0.220 e. The van der Waals surface area contributed by atoms with Crippen LogP contribution >= 0.6 is 0 Å². The molecule has 1 aromatic carbocycles. The number of carbonyl (C=O) groups is 1. The third-order valence-corrected chi connectivity index (χ3v) is 3.62. The molecule has 108 valence electrons. The zero-order valence-electron chi connectivity index (χ0n) is 11.5. The van der Waals surface area contributed by atoms with Crippen LogP contribution in [0.5, 0.6) is 5.75 Å². The van der Waals surface area contributed by atoms with Crippen LogP contribution in [0.4, 0.5) is 11.6 Å². The lowest BCUT2D eigenvalue weighted by Crippen LogP contribution is -2.33. The molecule has 1 aliphatic rings. The van der Waals surface area contributed by atoms with E-state index < -0.39 is 0 Å². The van der Waals surface area contributed by atoms with E-state index in [9.17, 15) is 9.90 Å². The highest BCUT2D eigenvalue weighted by Crippen LogP contribution is 2.32. The molecular weight excluding hydrogens is 268 g/mol. The Hall–Kier alpha value is -2.63. The SMILES string of the molecule is Nc1nccc(-c2cc(N3CCC(=O)CC3)ccc2O)n1. The van der Waals surface area contributed by atoms with Gasteiger partial charge in [0.1, 0.15) is 11.5 Å². The van der Waals surface area contributed by atoms with E-state index in [1.807, 2.05) is 12.1 Å². The van der Waals surface area contributed by atoms with Gasteiger partial charge < -0.3 is 15.7 Å². The summed E-state index contributed by atoms with van der Waals surface area (Å²) in [5.41, 5.74) is 7.74. The molecule has 6 nitrogen and oxygen atoms in total. The number of hydrogen-bond acceptors (Lipinski definition) is 6. The Labute approximate surface area is 122 Å². The Morgan fingerprint density at radius 2 is 1.95 bits per heavy atom. The van der Waals surface area contributed by atoms with Gasteiger partial charge in [-0.05, 0) is 24.3 Å². The van der Waals surface area contributed by atoms with Crippen LogP contribution < -0.4 is 10.6 Å². The van der Waals surface area contributed by atoms with Gasteiger partial charge in [0.2, 0.25) is 5.95 Å². The molecule has 0 aliphatic carbocycles. The van der Waals surface area contributed by atoms with E-state index in [1.165, 1.54) is 0 Å². The summed E-state index contributed by atoms with van der Waals surface area (Å²) in [6, 6.07) is 7.06. The molecule has 2 aromatic rings. The number of nitrogens with zero attached hydrogens (tertiary/aromatic N) is 3. The zero-order valence-corrected chi connectivity index (χ0v) is 11.5. The van der Waals surface area contributed by atoms with Crippen LogP contribution in [0.15, 0.2) is 30.5 Å². The maximum atomic E-state index is 11.3. The largest absolute Gasteiger partial charge is 0.507 e. The number of aromatic nitrogens is 2. The van der Waals surface area contributed by atoms with E-state index in [0.717, 1.165) is 5.69 Å². The normalized spacial score (nSPS) is 15.2. The lowest BCUT2D eigenvalue weighted by atomic mass is 10.1. The predicted octanol–water partition coefficient (Wildman–Crippen LogP) is 1.60. The lowest BCUT2D eigenvalue weighted by molar-refractivity contribution is -0.119. The van der Waals surface area contributed by atoms with E-state index in [1.54, 1.807) is 18.3 Å². The summed E-state index contributed by atoms with van der Waals surface area (Å²) >= 11 is 0. The Morgan fingerprint density at radius 3 is 2.67 bits per heavy atom. The Bertz CT molecular complexity index is 677. The van der Waals surface area contributed by atoms with Crippen LogP contribution in [0.3, 0.4) is 0 Å². The van der Waals surface area contributed by atoms with E-state index in [-0.39, 0.29) is 11.7 Å². The van der Waals surface area contributed by atoms with Gasteiger partial charge in [0.15, 0.2) is 0 Å². The van der Waals surface area contributed by atoms with Crippen molar-refractivity contribution in [3.8, 4) is 17.0 Å². The molecule has 0 atom stereocenters. The van der Waals surface area contributed by atoms with Gasteiger partial charge in [-0.3, -0.25) is 4.79 Å². The maximum absolute atomic E-state index is 11.3. The number of benzene rings is 1. The van der Waals surface area contributed by atoms with Crippen LogP contribution in [0.2, 0.25) is 0 Å². The second-order valence-corrected chi connectivity index (χ2v) is 5.03. The van der Waals surface area contributed by atoms with Crippen molar-refractivity contribution in [3.05, 3.63) is 30.5 Å². The van der Waals surface area contributed by atoms with Crippen LogP contribution in [0.25, 0.3) is 11.3 Å². The van der Waals surface area contributed by atoms with Gasteiger partial charge in [-0.2, -0.15) is 0 Å². The fraction of sp³-hybridized carbons (Fsp3) is 0.267. The molecule has 3 rings (SSSR count). The van der Waals surface area contributed by atoms with E-state index in [0.29, 0.717) is 43.0 Å². The van der Waals surface area contributed by atoms with Crippen molar-refractivity contribution in [2.75, 3.05) is 23.7 Å². The van der Waals surface area contributed by atoms with E-state index in [2.05, 4.69) is 14.9 Å². The fourth-order valence-electron chi connectivity index (χ4n) is 2.46. The average Bonchev–Trinajstić information content (AvgIpc) is 2.49. The second-order valence-electron chi connectivity index (χ2n) is 5.03. The molecule has 1 saturated heterocycles. The highest BCUT2D eigenvalue weighted by atomic mass is 16.3. The van der Waals surface area contributed by atoms with E-state index >= 15 is 0 Å². The first kappa shape index (κ1) is 13.4. The molecule has 0 spiro atoms. The third kappa shape index (κ3) is 2.79. The summed E-state index contributed by atoms with van der Waals surface area (Å²) in [6.45, 7) is 1.41. The zero-order chi connectivity index (χ0) is 14.8. The van der Waals surface area contributed by atoms with Crippen molar-refractivity contribution in [2.24, 2.45) is 0 Å². The molecule has 6 heteroatoms. The Morgan fingerprint density at radius 1 is 1.19 bits per heavy atom. The van der Waals surface area contributed by atoms with Crippen molar-refractivity contribution < 1.29 is 9.90 Å². The number of aromatic hydroxyl groups is 1. The number of phenols is 1. The summed E-state index contributed by atoms with van der Waals surface area (Å²) in [4.78, 5) is 21.4. The minimum Gasteiger partial charge on any atom is -0.507 e.